The highest BCUT2D eigenvalue weighted by Gasteiger charge is 2.13. The Morgan fingerprint density at radius 2 is 1.80 bits per heavy atom. The maximum atomic E-state index is 9.21. The predicted molar refractivity (Wildman–Crippen MR) is 40.6 cm³/mol. The van der Waals surface area contributed by atoms with Gasteiger partial charge in [0.1, 0.15) is 12.6 Å². The Balaban J connectivity index is 3.47. The fraction of sp³-hybridized carbons (Fsp3) is 1.00. The molecule has 0 aromatic rings. The molecule has 0 saturated heterocycles. The van der Waals surface area contributed by atoms with Crippen LogP contribution in [0.4, 0.5) is 0 Å². The van der Waals surface area contributed by atoms with E-state index >= 15 is 0 Å². The van der Waals surface area contributed by atoms with Crippen LogP contribution in [0.2, 0.25) is 0 Å². The van der Waals surface area contributed by atoms with Crippen molar-refractivity contribution in [3.8, 4) is 0 Å². The van der Waals surface area contributed by atoms with Crippen molar-refractivity contribution in [1.82, 2.24) is 0 Å². The lowest BCUT2D eigenvalue weighted by atomic mass is 10.2. The van der Waals surface area contributed by atoms with Crippen LogP contribution in [0.5, 0.6) is 0 Å². The van der Waals surface area contributed by atoms with E-state index < -0.39 is 0 Å². The van der Waals surface area contributed by atoms with Crippen molar-refractivity contribution >= 4 is 0 Å². The van der Waals surface area contributed by atoms with Crippen LogP contribution in [0.15, 0.2) is 0 Å². The summed E-state index contributed by atoms with van der Waals surface area (Å²) < 4.78 is 0.737. The van der Waals surface area contributed by atoms with Gasteiger partial charge in [-0.3, -0.25) is 0 Å². The molecule has 0 rings (SSSR count). The molecule has 0 amide bonds. The lowest BCUT2D eigenvalue weighted by molar-refractivity contribution is -0.873. The Morgan fingerprint density at radius 1 is 1.30 bits per heavy atom. The van der Waals surface area contributed by atoms with E-state index in [-0.39, 0.29) is 12.7 Å². The summed E-state index contributed by atoms with van der Waals surface area (Å²) in [4.78, 5) is 0. The molecule has 0 aliphatic carbocycles. The summed E-state index contributed by atoms with van der Waals surface area (Å²) in [5, 5.41) is 17.7. The number of hydrogen-bond donors (Lipinski definition) is 2. The van der Waals surface area contributed by atoms with E-state index in [1.54, 1.807) is 0 Å². The minimum atomic E-state index is -0.370. The van der Waals surface area contributed by atoms with Crippen molar-refractivity contribution in [3.05, 3.63) is 0 Å². The third-order valence-electron chi connectivity index (χ3n) is 1.22. The zero-order valence-corrected chi connectivity index (χ0v) is 7.04. The Labute approximate surface area is 62.5 Å². The van der Waals surface area contributed by atoms with E-state index in [9.17, 15) is 5.11 Å². The van der Waals surface area contributed by atoms with E-state index in [4.69, 9.17) is 5.11 Å². The number of aliphatic hydroxyl groups excluding tert-OH is 2. The van der Waals surface area contributed by atoms with Crippen LogP contribution < -0.4 is 0 Å². The number of likely N-dealkylation sites (N-methyl/N-ethyl adjacent to an activating group) is 1. The minimum Gasteiger partial charge on any atom is -0.396 e. The molecular weight excluding hydrogens is 130 g/mol. The van der Waals surface area contributed by atoms with E-state index in [0.29, 0.717) is 13.0 Å². The second-order valence-corrected chi connectivity index (χ2v) is 3.64. The Morgan fingerprint density at radius 3 is 2.10 bits per heavy atom. The molecule has 0 aliphatic heterocycles. The van der Waals surface area contributed by atoms with Gasteiger partial charge in [0.15, 0.2) is 0 Å². The summed E-state index contributed by atoms with van der Waals surface area (Å²) in [7, 11) is 6.04. The zero-order valence-electron chi connectivity index (χ0n) is 7.04. The van der Waals surface area contributed by atoms with Gasteiger partial charge in [0.2, 0.25) is 0 Å². The van der Waals surface area contributed by atoms with Gasteiger partial charge in [-0.15, -0.1) is 0 Å². The molecule has 0 aromatic heterocycles. The molecule has 3 nitrogen and oxygen atoms in total. The molecule has 0 spiro atoms. The van der Waals surface area contributed by atoms with Crippen molar-refractivity contribution in [1.29, 1.82) is 0 Å². The normalized spacial score (nSPS) is 15.3. The Hall–Kier alpha value is -0.120. The van der Waals surface area contributed by atoms with Crippen LogP contribution in [0, 0.1) is 0 Å². The second-order valence-electron chi connectivity index (χ2n) is 3.64. The smallest absolute Gasteiger partial charge is 0.105 e. The average molecular weight is 148 g/mol. The van der Waals surface area contributed by atoms with Crippen LogP contribution in [-0.4, -0.2) is 55.1 Å². The first kappa shape index (κ1) is 9.88. The largest absolute Gasteiger partial charge is 0.396 e. The van der Waals surface area contributed by atoms with Crippen LogP contribution in [0.3, 0.4) is 0 Å². The zero-order chi connectivity index (χ0) is 8.20. The van der Waals surface area contributed by atoms with Crippen molar-refractivity contribution in [2.45, 2.75) is 12.5 Å². The molecule has 1 unspecified atom stereocenters. The fourth-order valence-electron chi connectivity index (χ4n) is 0.873. The first-order valence-corrected chi connectivity index (χ1v) is 3.55. The third kappa shape index (κ3) is 6.01. The summed E-state index contributed by atoms with van der Waals surface area (Å²) in [5.74, 6) is 0. The van der Waals surface area contributed by atoms with Crippen LogP contribution >= 0.6 is 0 Å². The molecule has 0 heterocycles. The van der Waals surface area contributed by atoms with Crippen LogP contribution in [0.25, 0.3) is 0 Å². The van der Waals surface area contributed by atoms with E-state index in [1.165, 1.54) is 0 Å². The summed E-state index contributed by atoms with van der Waals surface area (Å²) in [6, 6.07) is 0. The van der Waals surface area contributed by atoms with Gasteiger partial charge < -0.3 is 14.7 Å². The summed E-state index contributed by atoms with van der Waals surface area (Å²) in [6.45, 7) is 0.766. The first-order chi connectivity index (χ1) is 4.45. The maximum Gasteiger partial charge on any atom is 0.105 e. The van der Waals surface area contributed by atoms with Gasteiger partial charge in [-0.05, 0) is 0 Å². The minimum absolute atomic E-state index is 0.0706. The summed E-state index contributed by atoms with van der Waals surface area (Å²) in [5.41, 5.74) is 0. The quantitative estimate of drug-likeness (QED) is 0.524. The monoisotopic (exact) mass is 148 g/mol. The van der Waals surface area contributed by atoms with Crippen LogP contribution in [-0.2, 0) is 0 Å². The number of rotatable bonds is 4. The third-order valence-corrected chi connectivity index (χ3v) is 1.22. The van der Waals surface area contributed by atoms with Gasteiger partial charge in [-0.2, -0.15) is 0 Å². The molecule has 10 heavy (non-hydrogen) atoms. The maximum absolute atomic E-state index is 9.21. The van der Waals surface area contributed by atoms with Crippen molar-refractivity contribution in [3.63, 3.8) is 0 Å². The van der Waals surface area contributed by atoms with Crippen molar-refractivity contribution in [2.24, 2.45) is 0 Å². The molecule has 0 fully saturated rings. The second kappa shape index (κ2) is 3.91. The topological polar surface area (TPSA) is 40.5 Å². The lowest BCUT2D eigenvalue weighted by Crippen LogP contribution is -2.41. The van der Waals surface area contributed by atoms with E-state index in [0.717, 1.165) is 4.48 Å². The van der Waals surface area contributed by atoms with Gasteiger partial charge >= 0.3 is 0 Å². The van der Waals surface area contributed by atoms with Gasteiger partial charge in [0, 0.05) is 13.0 Å². The molecular formula is C7H18NO2+. The molecule has 62 valence electrons. The highest BCUT2D eigenvalue weighted by molar-refractivity contribution is 4.50. The first-order valence-electron chi connectivity index (χ1n) is 3.55. The van der Waals surface area contributed by atoms with Gasteiger partial charge in [-0.25, -0.2) is 0 Å². The highest BCUT2D eigenvalue weighted by atomic mass is 16.3. The van der Waals surface area contributed by atoms with Gasteiger partial charge in [-0.1, -0.05) is 0 Å². The lowest BCUT2D eigenvalue weighted by Gasteiger charge is -2.26. The molecule has 0 radical (unpaired) electrons. The predicted octanol–water partition coefficient (Wildman–Crippen LogP) is -0.564. The van der Waals surface area contributed by atoms with E-state index in [2.05, 4.69) is 0 Å². The number of nitrogens with zero attached hydrogens (tertiary/aromatic N) is 1. The Bertz CT molecular complexity index is 88.1. The van der Waals surface area contributed by atoms with Crippen molar-refractivity contribution in [2.75, 3.05) is 34.3 Å². The number of quaternary nitrogens is 1. The average Bonchev–Trinajstić information content (AvgIpc) is 1.59. The van der Waals surface area contributed by atoms with Crippen LogP contribution in [0.1, 0.15) is 6.42 Å². The fourth-order valence-corrected chi connectivity index (χ4v) is 0.873. The van der Waals surface area contributed by atoms with Gasteiger partial charge in [0.05, 0.1) is 21.1 Å². The molecule has 0 saturated carbocycles. The van der Waals surface area contributed by atoms with E-state index in [1.807, 2.05) is 21.1 Å². The number of aliphatic hydroxyl groups is 2. The SMILES string of the molecule is C[N+](C)(C)CC(O)CCO. The standard InChI is InChI=1S/C7H18NO2/c1-8(2,3)6-7(10)4-5-9/h7,9-10H,4-6H2,1-3H3/q+1. The Kier molecular flexibility index (Phi) is 3.86. The highest BCUT2D eigenvalue weighted by Crippen LogP contribution is 1.97. The number of hydrogen-bond acceptors (Lipinski definition) is 2. The summed E-state index contributed by atoms with van der Waals surface area (Å²) >= 11 is 0. The molecule has 3 heteroatoms. The van der Waals surface area contributed by atoms with Gasteiger partial charge in [0.25, 0.3) is 0 Å². The molecule has 1 atom stereocenters. The molecule has 0 bridgehead atoms. The summed E-state index contributed by atoms with van der Waals surface area (Å²) in [6.07, 6.45) is 0.111. The van der Waals surface area contributed by atoms with Crippen molar-refractivity contribution < 1.29 is 14.7 Å². The molecule has 0 aromatic carbocycles. The molecule has 2 N–H and O–H groups in total. The molecule has 0 aliphatic rings.